The third-order valence-electron chi connectivity index (χ3n) is 2.67. The van der Waals surface area contributed by atoms with Crippen LogP contribution < -0.4 is 4.90 Å². The Bertz CT molecular complexity index is 337. The average Bonchev–Trinajstić information content (AvgIpc) is 2.63. The molecule has 0 saturated carbocycles. The van der Waals surface area contributed by atoms with Gasteiger partial charge in [-0.2, -0.15) is 0 Å². The highest BCUT2D eigenvalue weighted by atomic mass is 17.2. The van der Waals surface area contributed by atoms with Gasteiger partial charge < -0.3 is 9.47 Å². The summed E-state index contributed by atoms with van der Waals surface area (Å²) in [5.41, 5.74) is 0.917. The summed E-state index contributed by atoms with van der Waals surface area (Å²) >= 11 is 0. The van der Waals surface area contributed by atoms with Crippen molar-refractivity contribution in [2.24, 2.45) is 0 Å². The topological polar surface area (TPSA) is 39.5 Å². The molecule has 0 radical (unpaired) electrons. The van der Waals surface area contributed by atoms with Gasteiger partial charge in [0.1, 0.15) is 6.10 Å². The van der Waals surface area contributed by atoms with E-state index in [0.717, 1.165) is 24.7 Å². The molecule has 0 spiro atoms. The van der Waals surface area contributed by atoms with Gasteiger partial charge >= 0.3 is 0 Å². The van der Waals surface area contributed by atoms with Crippen molar-refractivity contribution in [1.82, 2.24) is 9.55 Å². The molecule has 0 N–H and O–H groups in total. The summed E-state index contributed by atoms with van der Waals surface area (Å²) in [4.78, 5) is 16.4. The van der Waals surface area contributed by atoms with Crippen LogP contribution in [-0.4, -0.2) is 30.3 Å². The largest absolute Gasteiger partial charge is 0.345 e. The van der Waals surface area contributed by atoms with Crippen LogP contribution in [-0.2, 0) is 16.3 Å². The molecule has 0 bridgehead atoms. The Hall–Kier alpha value is -1.07. The van der Waals surface area contributed by atoms with Gasteiger partial charge in [-0.25, -0.2) is 14.8 Å². The van der Waals surface area contributed by atoms with Gasteiger partial charge in [0.2, 0.25) is 5.95 Å². The molecule has 0 aromatic carbocycles. The molecule has 5 heteroatoms. The molecule has 1 unspecified atom stereocenters. The molecule has 5 nitrogen and oxygen atoms in total. The molecule has 2 heterocycles. The van der Waals surface area contributed by atoms with Crippen molar-refractivity contribution in [3.63, 3.8) is 0 Å². The number of hydrogen-bond acceptors (Lipinski definition) is 4. The van der Waals surface area contributed by atoms with Crippen LogP contribution in [0.25, 0.3) is 0 Å². The normalized spacial score (nSPS) is 17.7. The molecule has 1 atom stereocenters. The number of aryl methyl sites for hydroxylation is 1. The quantitative estimate of drug-likeness (QED) is 0.559. The molecule has 1 aromatic heterocycles. The van der Waals surface area contributed by atoms with Crippen molar-refractivity contribution >= 4 is 5.95 Å². The first-order valence-electron chi connectivity index (χ1n) is 5.20. The standard InChI is InChI=1S/C10H17N3O2/c1-8(15-14-3)9-7-13-6-4-5-12(2)10(13)11-9/h7-8H,4-6H2,1-3H3. The summed E-state index contributed by atoms with van der Waals surface area (Å²) in [6.07, 6.45) is 3.08. The molecule has 0 fully saturated rings. The molecule has 15 heavy (non-hydrogen) atoms. The first-order chi connectivity index (χ1) is 7.22. The third-order valence-corrected chi connectivity index (χ3v) is 2.67. The molecular formula is C10H17N3O2. The zero-order valence-electron chi connectivity index (χ0n) is 9.43. The lowest BCUT2D eigenvalue weighted by atomic mass is 10.3. The minimum Gasteiger partial charge on any atom is -0.345 e. The fourth-order valence-electron chi connectivity index (χ4n) is 1.86. The summed E-state index contributed by atoms with van der Waals surface area (Å²) in [5, 5.41) is 0. The number of nitrogens with zero attached hydrogens (tertiary/aromatic N) is 3. The maximum absolute atomic E-state index is 5.05. The van der Waals surface area contributed by atoms with E-state index in [9.17, 15) is 0 Å². The minimum atomic E-state index is -0.124. The molecule has 0 amide bonds. The number of aromatic nitrogens is 2. The van der Waals surface area contributed by atoms with E-state index < -0.39 is 0 Å². The Kier molecular flexibility index (Phi) is 2.93. The van der Waals surface area contributed by atoms with Crippen LogP contribution in [0.15, 0.2) is 6.20 Å². The van der Waals surface area contributed by atoms with E-state index in [-0.39, 0.29) is 6.10 Å². The van der Waals surface area contributed by atoms with Gasteiger partial charge in [0.05, 0.1) is 12.8 Å². The van der Waals surface area contributed by atoms with Gasteiger partial charge in [0.15, 0.2) is 0 Å². The summed E-state index contributed by atoms with van der Waals surface area (Å²) in [5.74, 6) is 1.02. The maximum Gasteiger partial charge on any atom is 0.205 e. The van der Waals surface area contributed by atoms with Crippen LogP contribution in [0.5, 0.6) is 0 Å². The Labute approximate surface area is 89.5 Å². The second-order valence-corrected chi connectivity index (χ2v) is 3.84. The van der Waals surface area contributed by atoms with Crippen molar-refractivity contribution in [2.75, 3.05) is 25.6 Å². The Morgan fingerprint density at radius 2 is 2.27 bits per heavy atom. The molecule has 1 aliphatic rings. The van der Waals surface area contributed by atoms with Crippen LogP contribution in [0, 0.1) is 0 Å². The molecule has 84 valence electrons. The number of fused-ring (bicyclic) bond motifs is 1. The predicted molar refractivity (Wildman–Crippen MR) is 56.6 cm³/mol. The van der Waals surface area contributed by atoms with Crippen molar-refractivity contribution in [2.45, 2.75) is 26.0 Å². The number of anilines is 1. The van der Waals surface area contributed by atoms with E-state index in [2.05, 4.69) is 26.4 Å². The van der Waals surface area contributed by atoms with Crippen LogP contribution in [0.1, 0.15) is 25.1 Å². The first kappa shape index (κ1) is 10.4. The van der Waals surface area contributed by atoms with Gasteiger partial charge in [0, 0.05) is 26.3 Å². The summed E-state index contributed by atoms with van der Waals surface area (Å²) < 4.78 is 2.16. The monoisotopic (exact) mass is 211 g/mol. The molecule has 0 aliphatic carbocycles. The highest BCUT2D eigenvalue weighted by molar-refractivity contribution is 5.34. The Balaban J connectivity index is 2.21. The van der Waals surface area contributed by atoms with Crippen LogP contribution >= 0.6 is 0 Å². The molecule has 2 rings (SSSR count). The van der Waals surface area contributed by atoms with Gasteiger partial charge in [-0.05, 0) is 13.3 Å². The van der Waals surface area contributed by atoms with E-state index in [1.165, 1.54) is 13.5 Å². The zero-order valence-corrected chi connectivity index (χ0v) is 9.43. The highest BCUT2D eigenvalue weighted by Gasteiger charge is 2.19. The predicted octanol–water partition coefficient (Wildman–Crippen LogP) is 1.36. The van der Waals surface area contributed by atoms with Crippen molar-refractivity contribution in [1.29, 1.82) is 0 Å². The van der Waals surface area contributed by atoms with E-state index >= 15 is 0 Å². The van der Waals surface area contributed by atoms with Gasteiger partial charge in [-0.3, -0.25) is 0 Å². The Morgan fingerprint density at radius 3 is 2.93 bits per heavy atom. The zero-order chi connectivity index (χ0) is 10.8. The second kappa shape index (κ2) is 4.20. The number of imidazole rings is 1. The van der Waals surface area contributed by atoms with Crippen molar-refractivity contribution in [3.05, 3.63) is 11.9 Å². The SMILES string of the molecule is COOC(C)c1cn2c(n1)N(C)CCC2. The van der Waals surface area contributed by atoms with Crippen LogP contribution in [0.2, 0.25) is 0 Å². The Morgan fingerprint density at radius 1 is 1.47 bits per heavy atom. The fourth-order valence-corrected chi connectivity index (χ4v) is 1.86. The van der Waals surface area contributed by atoms with Crippen LogP contribution in [0.4, 0.5) is 5.95 Å². The van der Waals surface area contributed by atoms with Gasteiger partial charge in [-0.15, -0.1) is 0 Å². The van der Waals surface area contributed by atoms with Gasteiger partial charge in [0.25, 0.3) is 0 Å². The lowest BCUT2D eigenvalue weighted by Gasteiger charge is -2.24. The maximum atomic E-state index is 5.05. The number of rotatable bonds is 3. The third kappa shape index (κ3) is 1.98. The number of hydrogen-bond donors (Lipinski definition) is 0. The van der Waals surface area contributed by atoms with E-state index in [1.807, 2.05) is 13.1 Å². The second-order valence-electron chi connectivity index (χ2n) is 3.84. The van der Waals surface area contributed by atoms with Crippen molar-refractivity contribution in [3.8, 4) is 0 Å². The van der Waals surface area contributed by atoms with E-state index in [4.69, 9.17) is 4.89 Å². The van der Waals surface area contributed by atoms with E-state index in [1.54, 1.807) is 0 Å². The van der Waals surface area contributed by atoms with Crippen LogP contribution in [0.3, 0.4) is 0 Å². The molecular weight excluding hydrogens is 194 g/mol. The fraction of sp³-hybridized carbons (Fsp3) is 0.700. The van der Waals surface area contributed by atoms with Gasteiger partial charge in [-0.1, -0.05) is 0 Å². The molecule has 1 aliphatic heterocycles. The van der Waals surface area contributed by atoms with E-state index in [0.29, 0.717) is 0 Å². The molecule has 0 saturated heterocycles. The first-order valence-corrected chi connectivity index (χ1v) is 5.20. The minimum absolute atomic E-state index is 0.124. The summed E-state index contributed by atoms with van der Waals surface area (Å²) in [6, 6.07) is 0. The smallest absolute Gasteiger partial charge is 0.205 e. The summed E-state index contributed by atoms with van der Waals surface area (Å²) in [6.45, 7) is 4.03. The molecule has 1 aromatic rings. The van der Waals surface area contributed by atoms with Crippen molar-refractivity contribution < 1.29 is 9.78 Å². The lowest BCUT2D eigenvalue weighted by Crippen LogP contribution is -2.28. The average molecular weight is 211 g/mol. The lowest BCUT2D eigenvalue weighted by molar-refractivity contribution is -0.304. The highest BCUT2D eigenvalue weighted by Crippen LogP contribution is 2.23. The summed E-state index contributed by atoms with van der Waals surface area (Å²) in [7, 11) is 3.57.